The van der Waals surface area contributed by atoms with E-state index < -0.39 is 0 Å². The van der Waals surface area contributed by atoms with Crippen molar-refractivity contribution in [2.75, 3.05) is 26.2 Å². The fourth-order valence-corrected chi connectivity index (χ4v) is 3.35. The standard InChI is InChI=1S/C19H32N2/c1-3-5-7-12-19(18-10-8-6-9-11-18)20-15-17-13-14-21(4-2)16-17/h6,8-11,17,19-20H,3-5,7,12-16H2,1-2H3. The second kappa shape index (κ2) is 9.22. The molecule has 2 rings (SSSR count). The Balaban J connectivity index is 1.84. The van der Waals surface area contributed by atoms with Crippen LogP contribution in [0.15, 0.2) is 30.3 Å². The average Bonchev–Trinajstić information content (AvgIpc) is 2.99. The fraction of sp³-hybridized carbons (Fsp3) is 0.684. The van der Waals surface area contributed by atoms with Crippen molar-refractivity contribution in [3.8, 4) is 0 Å². The molecular formula is C19H32N2. The molecule has 21 heavy (non-hydrogen) atoms. The molecule has 2 nitrogen and oxygen atoms in total. The molecule has 0 spiro atoms. The maximum Gasteiger partial charge on any atom is 0.0320 e. The van der Waals surface area contributed by atoms with Gasteiger partial charge in [0, 0.05) is 12.6 Å². The normalized spacial score (nSPS) is 20.8. The SMILES string of the molecule is CCCCCC(NCC1CCN(CC)C1)c1ccccc1. The molecule has 1 aliphatic heterocycles. The minimum absolute atomic E-state index is 0.536. The highest BCUT2D eigenvalue weighted by atomic mass is 15.1. The Labute approximate surface area is 130 Å². The first-order valence-corrected chi connectivity index (χ1v) is 8.84. The summed E-state index contributed by atoms with van der Waals surface area (Å²) in [7, 11) is 0. The van der Waals surface area contributed by atoms with E-state index in [1.165, 1.54) is 63.8 Å². The van der Waals surface area contributed by atoms with Crippen LogP contribution in [-0.4, -0.2) is 31.1 Å². The first-order valence-electron chi connectivity index (χ1n) is 8.84. The second-order valence-electron chi connectivity index (χ2n) is 6.42. The minimum atomic E-state index is 0.536. The average molecular weight is 288 g/mol. The highest BCUT2D eigenvalue weighted by Gasteiger charge is 2.22. The van der Waals surface area contributed by atoms with E-state index in [0.717, 1.165) is 5.92 Å². The topological polar surface area (TPSA) is 15.3 Å². The lowest BCUT2D eigenvalue weighted by atomic mass is 9.99. The van der Waals surface area contributed by atoms with E-state index in [0.29, 0.717) is 6.04 Å². The van der Waals surface area contributed by atoms with Crippen LogP contribution in [0.5, 0.6) is 0 Å². The Kier molecular flexibility index (Phi) is 7.25. The molecule has 1 heterocycles. The van der Waals surface area contributed by atoms with Gasteiger partial charge in [0.25, 0.3) is 0 Å². The summed E-state index contributed by atoms with van der Waals surface area (Å²) in [5.41, 5.74) is 1.46. The largest absolute Gasteiger partial charge is 0.310 e. The predicted octanol–water partition coefficient (Wildman–Crippen LogP) is 4.24. The van der Waals surface area contributed by atoms with E-state index in [-0.39, 0.29) is 0 Å². The highest BCUT2D eigenvalue weighted by Crippen LogP contribution is 2.22. The van der Waals surface area contributed by atoms with Gasteiger partial charge in [0.05, 0.1) is 0 Å². The van der Waals surface area contributed by atoms with Crippen molar-refractivity contribution in [3.05, 3.63) is 35.9 Å². The van der Waals surface area contributed by atoms with E-state index in [4.69, 9.17) is 0 Å². The monoisotopic (exact) mass is 288 g/mol. The zero-order chi connectivity index (χ0) is 14.9. The molecule has 1 saturated heterocycles. The van der Waals surface area contributed by atoms with E-state index in [9.17, 15) is 0 Å². The number of benzene rings is 1. The van der Waals surface area contributed by atoms with Crippen LogP contribution >= 0.6 is 0 Å². The zero-order valence-corrected chi connectivity index (χ0v) is 13.9. The summed E-state index contributed by atoms with van der Waals surface area (Å²) < 4.78 is 0. The van der Waals surface area contributed by atoms with Gasteiger partial charge in [-0.2, -0.15) is 0 Å². The van der Waals surface area contributed by atoms with E-state index in [1.54, 1.807) is 0 Å². The van der Waals surface area contributed by atoms with Gasteiger partial charge >= 0.3 is 0 Å². The first kappa shape index (κ1) is 16.5. The van der Waals surface area contributed by atoms with Crippen molar-refractivity contribution < 1.29 is 0 Å². The van der Waals surface area contributed by atoms with Crippen LogP contribution < -0.4 is 5.32 Å². The summed E-state index contributed by atoms with van der Waals surface area (Å²) in [4.78, 5) is 2.57. The number of unbranched alkanes of at least 4 members (excludes halogenated alkanes) is 2. The van der Waals surface area contributed by atoms with Gasteiger partial charge in [-0.3, -0.25) is 0 Å². The molecule has 2 unspecified atom stereocenters. The molecule has 1 aromatic rings. The van der Waals surface area contributed by atoms with Gasteiger partial charge in [0.1, 0.15) is 0 Å². The summed E-state index contributed by atoms with van der Waals surface area (Å²) >= 11 is 0. The lowest BCUT2D eigenvalue weighted by Gasteiger charge is -2.22. The van der Waals surface area contributed by atoms with Gasteiger partial charge in [-0.05, 0) is 44.0 Å². The molecule has 118 valence electrons. The van der Waals surface area contributed by atoms with Crippen LogP contribution in [0.1, 0.15) is 57.6 Å². The molecular weight excluding hydrogens is 256 g/mol. The smallest absolute Gasteiger partial charge is 0.0320 e. The van der Waals surface area contributed by atoms with Gasteiger partial charge in [-0.15, -0.1) is 0 Å². The number of hydrogen-bond donors (Lipinski definition) is 1. The quantitative estimate of drug-likeness (QED) is 0.684. The van der Waals surface area contributed by atoms with Gasteiger partial charge in [0.15, 0.2) is 0 Å². The van der Waals surface area contributed by atoms with E-state index in [2.05, 4.69) is 54.4 Å². The van der Waals surface area contributed by atoms with Crippen LogP contribution in [0, 0.1) is 5.92 Å². The Morgan fingerprint density at radius 3 is 2.67 bits per heavy atom. The minimum Gasteiger partial charge on any atom is -0.310 e. The van der Waals surface area contributed by atoms with Crippen molar-refractivity contribution in [1.29, 1.82) is 0 Å². The molecule has 0 radical (unpaired) electrons. The number of rotatable bonds is 9. The summed E-state index contributed by atoms with van der Waals surface area (Å²) in [5, 5.41) is 3.85. The van der Waals surface area contributed by atoms with Gasteiger partial charge < -0.3 is 10.2 Å². The summed E-state index contributed by atoms with van der Waals surface area (Å²) in [6, 6.07) is 11.5. The third-order valence-corrected chi connectivity index (χ3v) is 4.77. The summed E-state index contributed by atoms with van der Waals surface area (Å²) in [6.45, 7) is 9.49. The first-order chi connectivity index (χ1) is 10.3. The predicted molar refractivity (Wildman–Crippen MR) is 91.5 cm³/mol. The van der Waals surface area contributed by atoms with Crippen LogP contribution in [0.2, 0.25) is 0 Å². The van der Waals surface area contributed by atoms with Crippen molar-refractivity contribution in [2.45, 2.75) is 52.0 Å². The number of hydrogen-bond acceptors (Lipinski definition) is 2. The van der Waals surface area contributed by atoms with Crippen LogP contribution in [0.3, 0.4) is 0 Å². The molecule has 2 heteroatoms. The van der Waals surface area contributed by atoms with E-state index >= 15 is 0 Å². The third-order valence-electron chi connectivity index (χ3n) is 4.77. The molecule has 1 aliphatic rings. The summed E-state index contributed by atoms with van der Waals surface area (Å²) in [5.74, 6) is 0.835. The van der Waals surface area contributed by atoms with Crippen molar-refractivity contribution in [2.24, 2.45) is 5.92 Å². The van der Waals surface area contributed by atoms with Gasteiger partial charge in [-0.25, -0.2) is 0 Å². The number of nitrogens with one attached hydrogen (secondary N) is 1. The highest BCUT2D eigenvalue weighted by molar-refractivity contribution is 5.18. The Morgan fingerprint density at radius 1 is 1.19 bits per heavy atom. The molecule has 2 atom stereocenters. The maximum atomic E-state index is 3.85. The number of likely N-dealkylation sites (tertiary alicyclic amines) is 1. The Hall–Kier alpha value is -0.860. The Morgan fingerprint density at radius 2 is 2.00 bits per heavy atom. The lowest BCUT2D eigenvalue weighted by Crippen LogP contribution is -2.29. The van der Waals surface area contributed by atoms with Crippen LogP contribution in [0.25, 0.3) is 0 Å². The van der Waals surface area contributed by atoms with Crippen LogP contribution in [-0.2, 0) is 0 Å². The Bertz CT molecular complexity index is 376. The number of nitrogens with zero attached hydrogens (tertiary/aromatic N) is 1. The zero-order valence-electron chi connectivity index (χ0n) is 13.9. The molecule has 0 aliphatic carbocycles. The summed E-state index contributed by atoms with van der Waals surface area (Å²) in [6.07, 6.45) is 6.60. The van der Waals surface area contributed by atoms with Crippen LogP contribution in [0.4, 0.5) is 0 Å². The fourth-order valence-electron chi connectivity index (χ4n) is 3.35. The molecule has 1 aromatic carbocycles. The maximum absolute atomic E-state index is 3.85. The molecule has 0 bridgehead atoms. The molecule has 0 saturated carbocycles. The van der Waals surface area contributed by atoms with Crippen molar-refractivity contribution in [3.63, 3.8) is 0 Å². The van der Waals surface area contributed by atoms with Crippen molar-refractivity contribution >= 4 is 0 Å². The molecule has 1 fully saturated rings. The van der Waals surface area contributed by atoms with Crippen molar-refractivity contribution in [1.82, 2.24) is 10.2 Å². The lowest BCUT2D eigenvalue weighted by molar-refractivity contribution is 0.333. The molecule has 1 N–H and O–H groups in total. The molecule has 0 aromatic heterocycles. The van der Waals surface area contributed by atoms with Gasteiger partial charge in [-0.1, -0.05) is 63.4 Å². The van der Waals surface area contributed by atoms with Gasteiger partial charge in [0.2, 0.25) is 0 Å². The third kappa shape index (κ3) is 5.44. The second-order valence-corrected chi connectivity index (χ2v) is 6.42. The van der Waals surface area contributed by atoms with E-state index in [1.807, 2.05) is 0 Å². The molecule has 0 amide bonds.